The maximum atomic E-state index is 6.31. The lowest BCUT2D eigenvalue weighted by molar-refractivity contribution is 0.614. The molecule has 5 rings (SSSR count). The summed E-state index contributed by atoms with van der Waals surface area (Å²) in [6.07, 6.45) is 4.01. The molecule has 5 heteroatoms. The van der Waals surface area contributed by atoms with Gasteiger partial charge < -0.3 is 14.2 Å². The number of hydrogen-bond acceptors (Lipinski definition) is 5. The molecule has 0 amide bonds. The molecule has 0 aliphatic carbocycles. The summed E-state index contributed by atoms with van der Waals surface area (Å²) in [7, 11) is 2.11. The summed E-state index contributed by atoms with van der Waals surface area (Å²) >= 11 is 0. The van der Waals surface area contributed by atoms with Crippen LogP contribution < -0.4 is 9.80 Å². The Hall–Kier alpha value is -2.82. The normalized spacial score (nSPS) is 18.9. The van der Waals surface area contributed by atoms with Crippen LogP contribution in [0.3, 0.4) is 0 Å². The molecule has 0 N–H and O–H groups in total. The van der Waals surface area contributed by atoms with Gasteiger partial charge in [0.05, 0.1) is 11.4 Å². The van der Waals surface area contributed by atoms with Crippen molar-refractivity contribution in [2.24, 2.45) is 4.99 Å². The monoisotopic (exact) mass is 346 g/mol. The summed E-state index contributed by atoms with van der Waals surface area (Å²) in [5.74, 6) is 1.75. The molecule has 132 valence electrons. The maximum absolute atomic E-state index is 6.31. The summed E-state index contributed by atoms with van der Waals surface area (Å²) in [6, 6.07) is 8.47. The molecule has 2 aromatic heterocycles. The molecule has 0 bridgehead atoms. The molecule has 0 saturated heterocycles. The van der Waals surface area contributed by atoms with Crippen LogP contribution in [0.4, 0.5) is 23.1 Å². The van der Waals surface area contributed by atoms with Crippen molar-refractivity contribution in [3.63, 3.8) is 0 Å². The second-order valence-corrected chi connectivity index (χ2v) is 7.30. The molecule has 0 saturated carbocycles. The zero-order valence-electron chi connectivity index (χ0n) is 15.6. The number of rotatable bonds is 1. The largest absolute Gasteiger partial charge is 0.436 e. The number of benzene rings is 1. The van der Waals surface area contributed by atoms with E-state index in [4.69, 9.17) is 4.42 Å². The molecule has 1 aromatic carbocycles. The fourth-order valence-corrected chi connectivity index (χ4v) is 4.14. The second-order valence-electron chi connectivity index (χ2n) is 7.30. The minimum absolute atomic E-state index is 0.163. The SMILES string of the molecule is CC1=Nc2oc3c(N4c5ncccc5N(C)[C@@H]4C)c(C)ccc3c2CC1. The number of nitrogens with zero attached hydrogens (tertiary/aromatic N) is 4. The van der Waals surface area contributed by atoms with Gasteiger partial charge in [-0.2, -0.15) is 0 Å². The number of aromatic nitrogens is 1. The van der Waals surface area contributed by atoms with Crippen molar-refractivity contribution >= 4 is 39.8 Å². The highest BCUT2D eigenvalue weighted by Crippen LogP contribution is 2.48. The van der Waals surface area contributed by atoms with Crippen molar-refractivity contribution in [3.05, 3.63) is 41.6 Å². The summed E-state index contributed by atoms with van der Waals surface area (Å²) in [4.78, 5) is 13.9. The van der Waals surface area contributed by atoms with Crippen LogP contribution >= 0.6 is 0 Å². The predicted molar refractivity (Wildman–Crippen MR) is 106 cm³/mol. The Balaban J connectivity index is 1.79. The number of aryl methyl sites for hydroxylation is 2. The van der Waals surface area contributed by atoms with Crippen molar-refractivity contribution < 1.29 is 4.42 Å². The number of aliphatic imine (C=N–C) groups is 1. The fraction of sp³-hybridized carbons (Fsp3) is 0.333. The molecule has 0 unspecified atom stereocenters. The van der Waals surface area contributed by atoms with Crippen LogP contribution in [-0.4, -0.2) is 23.9 Å². The van der Waals surface area contributed by atoms with Gasteiger partial charge in [0.25, 0.3) is 0 Å². The van der Waals surface area contributed by atoms with Crippen LogP contribution in [0.15, 0.2) is 39.9 Å². The highest BCUT2D eigenvalue weighted by Gasteiger charge is 2.35. The van der Waals surface area contributed by atoms with Crippen LogP contribution in [0.1, 0.15) is 31.4 Å². The van der Waals surface area contributed by atoms with Gasteiger partial charge in [-0.15, -0.1) is 0 Å². The molecule has 26 heavy (non-hydrogen) atoms. The van der Waals surface area contributed by atoms with Gasteiger partial charge in [0, 0.05) is 29.9 Å². The van der Waals surface area contributed by atoms with Crippen molar-refractivity contribution in [1.82, 2.24) is 4.98 Å². The van der Waals surface area contributed by atoms with E-state index >= 15 is 0 Å². The molecule has 0 spiro atoms. The first kappa shape index (κ1) is 15.4. The molecule has 5 nitrogen and oxygen atoms in total. The van der Waals surface area contributed by atoms with Crippen LogP contribution in [0.25, 0.3) is 11.0 Å². The van der Waals surface area contributed by atoms with E-state index in [0.29, 0.717) is 0 Å². The summed E-state index contributed by atoms with van der Waals surface area (Å²) in [6.45, 7) is 6.41. The van der Waals surface area contributed by atoms with E-state index in [1.54, 1.807) is 0 Å². The zero-order chi connectivity index (χ0) is 18.0. The minimum atomic E-state index is 0.163. The van der Waals surface area contributed by atoms with Gasteiger partial charge in [0.2, 0.25) is 5.88 Å². The Kier molecular flexibility index (Phi) is 3.17. The minimum Gasteiger partial charge on any atom is -0.436 e. The average molecular weight is 346 g/mol. The Bertz CT molecular complexity index is 1070. The molecular formula is C21H22N4O. The van der Waals surface area contributed by atoms with Gasteiger partial charge >= 0.3 is 0 Å². The highest BCUT2D eigenvalue weighted by atomic mass is 16.3. The first-order valence-electron chi connectivity index (χ1n) is 9.12. The van der Waals surface area contributed by atoms with Gasteiger partial charge in [-0.05, 0) is 51.3 Å². The highest BCUT2D eigenvalue weighted by molar-refractivity contribution is 6.01. The third-order valence-electron chi connectivity index (χ3n) is 5.69. The van der Waals surface area contributed by atoms with E-state index < -0.39 is 0 Å². The van der Waals surface area contributed by atoms with Crippen LogP contribution in [0.5, 0.6) is 0 Å². The van der Waals surface area contributed by atoms with E-state index in [0.717, 1.165) is 47.2 Å². The molecule has 3 aromatic rings. The fourth-order valence-electron chi connectivity index (χ4n) is 4.14. The smallest absolute Gasteiger partial charge is 0.223 e. The summed E-state index contributed by atoms with van der Waals surface area (Å²) in [5.41, 5.74) is 6.71. The summed E-state index contributed by atoms with van der Waals surface area (Å²) < 4.78 is 6.31. The third-order valence-corrected chi connectivity index (χ3v) is 5.69. The number of furan rings is 1. The van der Waals surface area contributed by atoms with Crippen molar-refractivity contribution in [2.75, 3.05) is 16.8 Å². The molecular weight excluding hydrogens is 324 g/mol. The van der Waals surface area contributed by atoms with Gasteiger partial charge in [0.15, 0.2) is 11.4 Å². The molecule has 4 heterocycles. The topological polar surface area (TPSA) is 44.9 Å². The lowest BCUT2D eigenvalue weighted by Gasteiger charge is -2.28. The molecule has 2 aliphatic heterocycles. The second kappa shape index (κ2) is 5.34. The standard InChI is InChI=1S/C21H22N4O/c1-12-7-9-15-16-10-8-13(2)23-21(16)26-19(15)18(12)25-14(3)24(4)17-6-5-11-22-20(17)25/h5-7,9,11,14H,8,10H2,1-4H3/t14-/m0/s1. The first-order valence-corrected chi connectivity index (χ1v) is 9.12. The van der Waals surface area contributed by atoms with E-state index in [1.165, 1.54) is 16.5 Å². The Morgan fingerprint density at radius 2 is 2.00 bits per heavy atom. The average Bonchev–Trinajstić information content (AvgIpc) is 3.11. The number of pyridine rings is 1. The maximum Gasteiger partial charge on any atom is 0.223 e. The Labute approximate surface area is 153 Å². The van der Waals surface area contributed by atoms with Crippen LogP contribution in [0, 0.1) is 6.92 Å². The lowest BCUT2D eigenvalue weighted by atomic mass is 10.0. The van der Waals surface area contributed by atoms with E-state index in [1.807, 2.05) is 12.3 Å². The lowest BCUT2D eigenvalue weighted by Crippen LogP contribution is -2.36. The van der Waals surface area contributed by atoms with E-state index in [2.05, 4.69) is 65.8 Å². The first-order chi connectivity index (χ1) is 12.6. The predicted octanol–water partition coefficient (Wildman–Crippen LogP) is 5.11. The molecule has 0 fully saturated rings. The molecule has 1 atom stereocenters. The quantitative estimate of drug-likeness (QED) is 0.614. The van der Waals surface area contributed by atoms with Gasteiger partial charge in [-0.25, -0.2) is 9.98 Å². The number of hydrogen-bond donors (Lipinski definition) is 0. The Morgan fingerprint density at radius 1 is 1.15 bits per heavy atom. The van der Waals surface area contributed by atoms with Gasteiger partial charge in [-0.3, -0.25) is 0 Å². The third kappa shape index (κ3) is 1.97. The Morgan fingerprint density at radius 3 is 2.85 bits per heavy atom. The molecule has 0 radical (unpaired) electrons. The van der Waals surface area contributed by atoms with Gasteiger partial charge in [-0.1, -0.05) is 12.1 Å². The van der Waals surface area contributed by atoms with Crippen molar-refractivity contribution in [1.29, 1.82) is 0 Å². The summed E-state index contributed by atoms with van der Waals surface area (Å²) in [5, 5.41) is 1.18. The number of fused-ring (bicyclic) bond motifs is 4. The van der Waals surface area contributed by atoms with Crippen LogP contribution in [0.2, 0.25) is 0 Å². The van der Waals surface area contributed by atoms with Crippen LogP contribution in [-0.2, 0) is 6.42 Å². The molecule has 2 aliphatic rings. The zero-order valence-corrected chi connectivity index (χ0v) is 15.6. The number of anilines is 3. The van der Waals surface area contributed by atoms with E-state index in [-0.39, 0.29) is 6.17 Å². The van der Waals surface area contributed by atoms with E-state index in [9.17, 15) is 0 Å². The van der Waals surface area contributed by atoms with Gasteiger partial charge in [0.1, 0.15) is 6.17 Å². The van der Waals surface area contributed by atoms with Crippen molar-refractivity contribution in [2.45, 2.75) is 39.8 Å². The van der Waals surface area contributed by atoms with Crippen molar-refractivity contribution in [3.8, 4) is 0 Å².